The van der Waals surface area contributed by atoms with Crippen molar-refractivity contribution in [2.24, 2.45) is 0 Å². The maximum absolute atomic E-state index is 13.5. The number of amides is 4. The van der Waals surface area contributed by atoms with E-state index >= 15 is 0 Å². The normalized spacial score (nSPS) is 14.8. The number of urea groups is 1. The highest BCUT2D eigenvalue weighted by atomic mass is 127. The fourth-order valence-electron chi connectivity index (χ4n) is 3.66. The number of imide groups is 2. The quantitative estimate of drug-likeness (QED) is 0.206. The van der Waals surface area contributed by atoms with Crippen LogP contribution in [0.1, 0.15) is 16.7 Å². The van der Waals surface area contributed by atoms with E-state index in [0.717, 1.165) is 9.37 Å². The number of hydrogen-bond acceptors (Lipinski definition) is 5. The first-order valence-electron chi connectivity index (χ1n) is 10.6. The number of methoxy groups -OCH3 is 1. The van der Waals surface area contributed by atoms with E-state index in [2.05, 4.69) is 43.8 Å². The van der Waals surface area contributed by atoms with Crippen molar-refractivity contribution in [2.45, 2.75) is 13.5 Å². The summed E-state index contributed by atoms with van der Waals surface area (Å²) >= 11 is 5.41. The summed E-state index contributed by atoms with van der Waals surface area (Å²) in [4.78, 5) is 39.3. The lowest BCUT2D eigenvalue weighted by molar-refractivity contribution is -0.122. The van der Waals surface area contributed by atoms with Crippen LogP contribution >= 0.6 is 38.5 Å². The first kappa shape index (κ1) is 25.8. The van der Waals surface area contributed by atoms with Crippen molar-refractivity contribution in [1.82, 2.24) is 5.32 Å². The monoisotopic (exact) mass is 664 g/mol. The number of carbonyl (C=O) groups excluding carboxylic acids is 3. The molecule has 0 spiro atoms. The molecule has 0 radical (unpaired) electrons. The average molecular weight is 665 g/mol. The van der Waals surface area contributed by atoms with Gasteiger partial charge in [0.05, 0.1) is 16.4 Å². The number of nitrogens with zero attached hydrogens (tertiary/aromatic N) is 1. The molecule has 4 rings (SSSR count). The molecule has 3 aromatic rings. The number of hydrogen-bond donors (Lipinski definition) is 1. The molecular formula is C26H19BrFIN2O5. The van der Waals surface area contributed by atoms with Gasteiger partial charge in [-0.2, -0.15) is 0 Å². The minimum absolute atomic E-state index is 0.120. The third kappa shape index (κ3) is 5.44. The van der Waals surface area contributed by atoms with Crippen molar-refractivity contribution >= 4 is 68.1 Å². The Kier molecular flexibility index (Phi) is 7.74. The molecule has 0 aliphatic carbocycles. The van der Waals surface area contributed by atoms with Gasteiger partial charge < -0.3 is 9.47 Å². The fraction of sp³-hybridized carbons (Fsp3) is 0.115. The van der Waals surface area contributed by atoms with Crippen LogP contribution in [0.5, 0.6) is 11.5 Å². The van der Waals surface area contributed by atoms with Gasteiger partial charge in [-0.1, -0.05) is 28.1 Å². The van der Waals surface area contributed by atoms with Gasteiger partial charge >= 0.3 is 6.03 Å². The van der Waals surface area contributed by atoms with Gasteiger partial charge in [-0.05, 0) is 94.7 Å². The van der Waals surface area contributed by atoms with Crippen LogP contribution in [0.3, 0.4) is 0 Å². The number of ether oxygens (including phenoxy) is 2. The summed E-state index contributed by atoms with van der Waals surface area (Å²) in [5.41, 5.74) is 1.99. The van der Waals surface area contributed by atoms with Crippen LogP contribution in [-0.2, 0) is 16.2 Å². The summed E-state index contributed by atoms with van der Waals surface area (Å²) in [6.07, 6.45) is 1.40. The lowest BCUT2D eigenvalue weighted by Crippen LogP contribution is -2.54. The maximum Gasteiger partial charge on any atom is 0.335 e. The molecule has 3 aromatic carbocycles. The average Bonchev–Trinajstić information content (AvgIpc) is 2.82. The van der Waals surface area contributed by atoms with E-state index in [-0.39, 0.29) is 18.0 Å². The molecule has 1 N–H and O–H groups in total. The van der Waals surface area contributed by atoms with Crippen molar-refractivity contribution in [3.8, 4) is 11.5 Å². The summed E-state index contributed by atoms with van der Waals surface area (Å²) < 4.78 is 26.3. The molecule has 1 aliphatic rings. The third-order valence-corrected chi connectivity index (χ3v) is 6.63. The van der Waals surface area contributed by atoms with Crippen LogP contribution in [0.2, 0.25) is 0 Å². The Morgan fingerprint density at radius 3 is 2.58 bits per heavy atom. The summed E-state index contributed by atoms with van der Waals surface area (Å²) in [6, 6.07) is 13.7. The molecule has 0 atom stereocenters. The van der Waals surface area contributed by atoms with Crippen molar-refractivity contribution in [3.63, 3.8) is 0 Å². The third-order valence-electron chi connectivity index (χ3n) is 5.34. The Balaban J connectivity index is 1.66. The van der Waals surface area contributed by atoms with Gasteiger partial charge in [0.25, 0.3) is 11.8 Å². The van der Waals surface area contributed by atoms with E-state index in [4.69, 9.17) is 9.47 Å². The number of carbonyl (C=O) groups is 3. The Hall–Kier alpha value is -3.25. The number of rotatable bonds is 6. The molecule has 184 valence electrons. The highest BCUT2D eigenvalue weighted by Gasteiger charge is 2.37. The molecule has 7 nitrogen and oxygen atoms in total. The zero-order valence-electron chi connectivity index (χ0n) is 19.1. The van der Waals surface area contributed by atoms with Gasteiger partial charge in [0.1, 0.15) is 18.0 Å². The highest BCUT2D eigenvalue weighted by Crippen LogP contribution is 2.36. The zero-order valence-corrected chi connectivity index (χ0v) is 22.8. The van der Waals surface area contributed by atoms with E-state index in [1.165, 1.54) is 25.3 Å². The van der Waals surface area contributed by atoms with Crippen LogP contribution in [0.25, 0.3) is 6.08 Å². The van der Waals surface area contributed by atoms with Crippen LogP contribution in [0.15, 0.2) is 64.6 Å². The second-order valence-electron chi connectivity index (χ2n) is 7.84. The predicted molar refractivity (Wildman–Crippen MR) is 144 cm³/mol. The molecule has 36 heavy (non-hydrogen) atoms. The maximum atomic E-state index is 13.5. The van der Waals surface area contributed by atoms with Gasteiger partial charge in [0.15, 0.2) is 11.5 Å². The molecule has 10 heteroatoms. The summed E-state index contributed by atoms with van der Waals surface area (Å²) in [5.74, 6) is -1.09. The number of aryl methyl sites for hydroxylation is 1. The minimum atomic E-state index is -0.819. The Bertz CT molecular complexity index is 1430. The fourth-order valence-corrected chi connectivity index (χ4v) is 4.91. The summed E-state index contributed by atoms with van der Waals surface area (Å²) in [7, 11) is 1.46. The SMILES string of the molecule is COc1cc(/C=C2/C(=O)NC(=O)N(c3ccc(Br)cc3C)C2=O)cc(I)c1OCc1cccc(F)c1. The largest absolute Gasteiger partial charge is 0.493 e. The second-order valence-corrected chi connectivity index (χ2v) is 9.92. The van der Waals surface area contributed by atoms with E-state index < -0.39 is 17.8 Å². The molecule has 1 heterocycles. The molecule has 0 saturated carbocycles. The topological polar surface area (TPSA) is 84.9 Å². The van der Waals surface area contributed by atoms with Gasteiger partial charge in [0.2, 0.25) is 0 Å². The molecule has 0 aromatic heterocycles. The summed E-state index contributed by atoms with van der Waals surface area (Å²) in [6.45, 7) is 1.88. The molecule has 1 aliphatic heterocycles. The van der Waals surface area contributed by atoms with Gasteiger partial charge in [0, 0.05) is 4.47 Å². The van der Waals surface area contributed by atoms with E-state index in [1.807, 2.05) is 0 Å². The number of nitrogens with one attached hydrogen (secondary N) is 1. The van der Waals surface area contributed by atoms with E-state index in [1.54, 1.807) is 49.4 Å². The van der Waals surface area contributed by atoms with E-state index in [0.29, 0.717) is 37.4 Å². The molecule has 1 saturated heterocycles. The molecule has 0 bridgehead atoms. The van der Waals surface area contributed by atoms with Crippen molar-refractivity contribution in [1.29, 1.82) is 0 Å². The Morgan fingerprint density at radius 2 is 1.89 bits per heavy atom. The number of benzene rings is 3. The predicted octanol–water partition coefficient (Wildman–Crippen LogP) is 5.76. The first-order valence-corrected chi connectivity index (χ1v) is 12.5. The van der Waals surface area contributed by atoms with Crippen LogP contribution in [0, 0.1) is 16.3 Å². The van der Waals surface area contributed by atoms with Gasteiger partial charge in [-0.15, -0.1) is 0 Å². The summed E-state index contributed by atoms with van der Waals surface area (Å²) in [5, 5.41) is 2.23. The first-order chi connectivity index (χ1) is 17.2. The number of anilines is 1. The number of halogens is 3. The molecule has 1 fully saturated rings. The highest BCUT2D eigenvalue weighted by molar-refractivity contribution is 14.1. The van der Waals surface area contributed by atoms with Gasteiger partial charge in [-0.25, -0.2) is 14.1 Å². The molecule has 4 amide bonds. The van der Waals surface area contributed by atoms with Crippen molar-refractivity contribution < 1.29 is 28.2 Å². The van der Waals surface area contributed by atoms with Crippen molar-refractivity contribution in [2.75, 3.05) is 12.0 Å². The lowest BCUT2D eigenvalue weighted by atomic mass is 10.1. The Labute approximate surface area is 228 Å². The lowest BCUT2D eigenvalue weighted by Gasteiger charge is -2.27. The number of barbiturate groups is 1. The minimum Gasteiger partial charge on any atom is -0.493 e. The van der Waals surface area contributed by atoms with Crippen LogP contribution in [-0.4, -0.2) is 25.0 Å². The van der Waals surface area contributed by atoms with Crippen molar-refractivity contribution in [3.05, 3.63) is 90.7 Å². The van der Waals surface area contributed by atoms with Gasteiger partial charge in [-0.3, -0.25) is 14.9 Å². The standard InChI is InChI=1S/C26H19BrFIN2O5/c1-14-8-17(27)6-7-21(14)31-25(33)19(24(32)30-26(31)34)10-16-11-20(29)23(22(12-16)35-2)36-13-15-4-3-5-18(28)9-15/h3-12H,13H2,1-2H3,(H,30,32,34)/b19-10-. The van der Waals surface area contributed by atoms with Crippen LogP contribution < -0.4 is 19.7 Å². The molecular weight excluding hydrogens is 646 g/mol. The van der Waals surface area contributed by atoms with E-state index in [9.17, 15) is 18.8 Å². The smallest absolute Gasteiger partial charge is 0.335 e. The van der Waals surface area contributed by atoms with Crippen LogP contribution in [0.4, 0.5) is 14.9 Å². The Morgan fingerprint density at radius 1 is 1.11 bits per heavy atom. The molecule has 0 unspecified atom stereocenters. The second kappa shape index (κ2) is 10.8. The zero-order chi connectivity index (χ0) is 26.0.